The Labute approximate surface area is 112 Å². The molecular formula is C14H18N2O3. The van der Waals surface area contributed by atoms with Gasteiger partial charge in [0.2, 0.25) is 5.91 Å². The molecule has 1 aliphatic rings. The molecule has 0 aliphatic carbocycles. The summed E-state index contributed by atoms with van der Waals surface area (Å²) in [6, 6.07) is 5.29. The molecule has 2 rings (SSSR count). The number of nitrogens with two attached hydrogens (primary N) is 1. The number of aryl methyl sites for hydroxylation is 1. The van der Waals surface area contributed by atoms with E-state index in [-0.39, 0.29) is 11.8 Å². The van der Waals surface area contributed by atoms with E-state index in [1.807, 2.05) is 0 Å². The molecule has 0 bridgehead atoms. The number of hydrogen-bond donors (Lipinski definition) is 2. The van der Waals surface area contributed by atoms with Crippen LogP contribution in [0, 0.1) is 12.8 Å². The van der Waals surface area contributed by atoms with Crippen LogP contribution in [0.2, 0.25) is 0 Å². The molecular weight excluding hydrogens is 244 g/mol. The zero-order chi connectivity index (χ0) is 13.8. The molecule has 0 atom stereocenters. The maximum atomic E-state index is 12.1. The van der Waals surface area contributed by atoms with Gasteiger partial charge in [-0.05, 0) is 31.4 Å². The number of anilines is 1. The lowest BCUT2D eigenvalue weighted by Crippen LogP contribution is -2.29. The van der Waals surface area contributed by atoms with Crippen LogP contribution >= 0.6 is 0 Å². The average Bonchev–Trinajstić information content (AvgIpc) is 2.39. The number of nitrogens with one attached hydrogen (secondary N) is 1. The van der Waals surface area contributed by atoms with Gasteiger partial charge in [-0.1, -0.05) is 12.1 Å². The van der Waals surface area contributed by atoms with Gasteiger partial charge < -0.3 is 15.8 Å². The highest BCUT2D eigenvalue weighted by Crippen LogP contribution is 2.22. The summed E-state index contributed by atoms with van der Waals surface area (Å²) in [5.41, 5.74) is 6.99. The van der Waals surface area contributed by atoms with Crippen molar-refractivity contribution >= 4 is 17.5 Å². The molecule has 102 valence electrons. The van der Waals surface area contributed by atoms with Gasteiger partial charge in [0.25, 0.3) is 5.91 Å². The number of hydrogen-bond acceptors (Lipinski definition) is 3. The van der Waals surface area contributed by atoms with Crippen molar-refractivity contribution in [2.75, 3.05) is 18.5 Å². The summed E-state index contributed by atoms with van der Waals surface area (Å²) in [5.74, 6) is -0.660. The van der Waals surface area contributed by atoms with E-state index < -0.39 is 5.91 Å². The Kier molecular flexibility index (Phi) is 4.16. The summed E-state index contributed by atoms with van der Waals surface area (Å²) in [6.45, 7) is 3.01. The van der Waals surface area contributed by atoms with Crippen LogP contribution in [0.5, 0.6) is 0 Å². The fourth-order valence-corrected chi connectivity index (χ4v) is 2.29. The standard InChI is InChI=1S/C14H18N2O3/c1-9-3-2-4-11(12(9)13(15)17)16-14(18)10-5-7-19-8-6-10/h2-4,10H,5-8H2,1H3,(H2,15,17)(H,16,18). The largest absolute Gasteiger partial charge is 0.381 e. The number of rotatable bonds is 3. The summed E-state index contributed by atoms with van der Waals surface area (Å²) < 4.78 is 5.23. The van der Waals surface area contributed by atoms with E-state index >= 15 is 0 Å². The van der Waals surface area contributed by atoms with Crippen molar-refractivity contribution in [1.29, 1.82) is 0 Å². The lowest BCUT2D eigenvalue weighted by atomic mass is 9.98. The second-order valence-corrected chi connectivity index (χ2v) is 4.74. The summed E-state index contributed by atoms with van der Waals surface area (Å²) in [4.78, 5) is 23.6. The Morgan fingerprint density at radius 2 is 2.00 bits per heavy atom. The number of primary amides is 1. The molecule has 0 aromatic heterocycles. The van der Waals surface area contributed by atoms with Gasteiger partial charge in [-0.15, -0.1) is 0 Å². The molecule has 0 spiro atoms. The SMILES string of the molecule is Cc1cccc(NC(=O)C2CCOCC2)c1C(N)=O. The van der Waals surface area contributed by atoms with Gasteiger partial charge in [-0.25, -0.2) is 0 Å². The fourth-order valence-electron chi connectivity index (χ4n) is 2.29. The van der Waals surface area contributed by atoms with Gasteiger partial charge in [-0.3, -0.25) is 9.59 Å². The maximum absolute atomic E-state index is 12.1. The number of carbonyl (C=O) groups excluding carboxylic acids is 2. The number of carbonyl (C=O) groups is 2. The van der Waals surface area contributed by atoms with Crippen molar-refractivity contribution in [3.05, 3.63) is 29.3 Å². The van der Waals surface area contributed by atoms with Gasteiger partial charge >= 0.3 is 0 Å². The monoisotopic (exact) mass is 262 g/mol. The summed E-state index contributed by atoms with van der Waals surface area (Å²) in [6.07, 6.45) is 1.42. The normalized spacial score (nSPS) is 16.1. The first-order chi connectivity index (χ1) is 9.09. The van der Waals surface area contributed by atoms with Crippen LogP contribution in [0.1, 0.15) is 28.8 Å². The van der Waals surface area contributed by atoms with Crippen molar-refractivity contribution in [1.82, 2.24) is 0 Å². The zero-order valence-corrected chi connectivity index (χ0v) is 10.9. The first-order valence-corrected chi connectivity index (χ1v) is 6.37. The predicted molar refractivity (Wildman–Crippen MR) is 71.9 cm³/mol. The van der Waals surface area contributed by atoms with Gasteiger partial charge in [0.1, 0.15) is 0 Å². The topological polar surface area (TPSA) is 81.4 Å². The van der Waals surface area contributed by atoms with E-state index in [1.165, 1.54) is 0 Å². The van der Waals surface area contributed by atoms with Crippen LogP contribution in [0.15, 0.2) is 18.2 Å². The van der Waals surface area contributed by atoms with Crippen LogP contribution in [0.4, 0.5) is 5.69 Å². The third-order valence-corrected chi connectivity index (χ3v) is 3.37. The van der Waals surface area contributed by atoms with E-state index in [1.54, 1.807) is 25.1 Å². The molecule has 0 saturated carbocycles. The number of benzene rings is 1. The Balaban J connectivity index is 2.16. The lowest BCUT2D eigenvalue weighted by molar-refractivity contribution is -0.122. The van der Waals surface area contributed by atoms with Crippen LogP contribution in [-0.2, 0) is 9.53 Å². The highest BCUT2D eigenvalue weighted by molar-refractivity contribution is 6.04. The van der Waals surface area contributed by atoms with E-state index in [0.717, 1.165) is 5.56 Å². The molecule has 1 aromatic carbocycles. The molecule has 5 heteroatoms. The molecule has 2 amide bonds. The second-order valence-electron chi connectivity index (χ2n) is 4.74. The van der Waals surface area contributed by atoms with Crippen molar-refractivity contribution in [3.63, 3.8) is 0 Å². The summed E-state index contributed by atoms with van der Waals surface area (Å²) in [7, 11) is 0. The predicted octanol–water partition coefficient (Wildman–Crippen LogP) is 1.46. The van der Waals surface area contributed by atoms with Crippen LogP contribution < -0.4 is 11.1 Å². The minimum Gasteiger partial charge on any atom is -0.381 e. The molecule has 1 saturated heterocycles. The van der Waals surface area contributed by atoms with Gasteiger partial charge in [0, 0.05) is 19.1 Å². The maximum Gasteiger partial charge on any atom is 0.251 e. The van der Waals surface area contributed by atoms with E-state index in [9.17, 15) is 9.59 Å². The second kappa shape index (κ2) is 5.84. The molecule has 1 aliphatic heterocycles. The minimum absolute atomic E-state index is 0.0602. The third kappa shape index (κ3) is 3.12. The molecule has 5 nitrogen and oxygen atoms in total. The third-order valence-electron chi connectivity index (χ3n) is 3.37. The molecule has 19 heavy (non-hydrogen) atoms. The molecule has 1 heterocycles. The fraction of sp³-hybridized carbons (Fsp3) is 0.429. The molecule has 1 fully saturated rings. The van der Waals surface area contributed by atoms with Crippen molar-refractivity contribution in [3.8, 4) is 0 Å². The Morgan fingerprint density at radius 3 is 2.63 bits per heavy atom. The van der Waals surface area contributed by atoms with Crippen LogP contribution in [0.3, 0.4) is 0 Å². The minimum atomic E-state index is -0.527. The van der Waals surface area contributed by atoms with E-state index in [0.29, 0.717) is 37.3 Å². The average molecular weight is 262 g/mol. The number of amides is 2. The Bertz CT molecular complexity index is 493. The van der Waals surface area contributed by atoms with Crippen molar-refractivity contribution < 1.29 is 14.3 Å². The van der Waals surface area contributed by atoms with Crippen molar-refractivity contribution in [2.24, 2.45) is 11.7 Å². The van der Waals surface area contributed by atoms with Crippen molar-refractivity contribution in [2.45, 2.75) is 19.8 Å². The van der Waals surface area contributed by atoms with E-state index in [2.05, 4.69) is 5.32 Å². The first kappa shape index (κ1) is 13.5. The van der Waals surface area contributed by atoms with Gasteiger partial charge in [0.15, 0.2) is 0 Å². The highest BCUT2D eigenvalue weighted by atomic mass is 16.5. The van der Waals surface area contributed by atoms with E-state index in [4.69, 9.17) is 10.5 Å². The van der Waals surface area contributed by atoms with Gasteiger partial charge in [-0.2, -0.15) is 0 Å². The molecule has 0 radical (unpaired) electrons. The smallest absolute Gasteiger partial charge is 0.251 e. The quantitative estimate of drug-likeness (QED) is 0.865. The number of ether oxygens (including phenoxy) is 1. The first-order valence-electron chi connectivity index (χ1n) is 6.37. The Morgan fingerprint density at radius 1 is 1.32 bits per heavy atom. The van der Waals surface area contributed by atoms with Crippen LogP contribution in [0.25, 0.3) is 0 Å². The highest BCUT2D eigenvalue weighted by Gasteiger charge is 2.23. The van der Waals surface area contributed by atoms with Gasteiger partial charge in [0.05, 0.1) is 11.3 Å². The summed E-state index contributed by atoms with van der Waals surface area (Å²) >= 11 is 0. The zero-order valence-electron chi connectivity index (χ0n) is 10.9. The Hall–Kier alpha value is -1.88. The molecule has 1 aromatic rings. The molecule has 0 unspecified atom stereocenters. The van der Waals surface area contributed by atoms with Crippen LogP contribution in [-0.4, -0.2) is 25.0 Å². The summed E-state index contributed by atoms with van der Waals surface area (Å²) in [5, 5.41) is 2.81. The molecule has 3 N–H and O–H groups in total. The lowest BCUT2D eigenvalue weighted by Gasteiger charge is -2.22.